The molecule has 28 heavy (non-hydrogen) atoms. The third-order valence-corrected chi connectivity index (χ3v) is 7.19. The Balaban J connectivity index is 0.000000161. The van der Waals surface area contributed by atoms with E-state index >= 15 is 0 Å². The molecule has 2 heterocycles. The van der Waals surface area contributed by atoms with Crippen LogP contribution in [0.1, 0.15) is 63.8 Å². The van der Waals surface area contributed by atoms with Crippen LogP contribution in [-0.2, 0) is 10.8 Å². The van der Waals surface area contributed by atoms with Gasteiger partial charge >= 0.3 is 0 Å². The summed E-state index contributed by atoms with van der Waals surface area (Å²) in [5.74, 6) is 0. The minimum atomic E-state index is 0.191. The zero-order chi connectivity index (χ0) is 21.0. The summed E-state index contributed by atoms with van der Waals surface area (Å²) >= 11 is 0. The summed E-state index contributed by atoms with van der Waals surface area (Å²) in [5, 5.41) is 0. The lowest BCUT2D eigenvalue weighted by atomic mass is 9.82. The largest absolute Gasteiger partial charge is 0.209 e. The molecule has 2 aliphatic rings. The molecular weight excluding hydrogens is 340 g/mol. The summed E-state index contributed by atoms with van der Waals surface area (Å²) in [4.78, 5) is 0. The number of nitrogens with zero attached hydrogens (tertiary/aromatic N) is 2. The molecule has 0 aliphatic carbocycles. The van der Waals surface area contributed by atoms with Crippen molar-refractivity contribution in [3.05, 3.63) is 58.7 Å². The Morgan fingerprint density at radius 3 is 1.21 bits per heavy atom. The Morgan fingerprint density at radius 2 is 0.893 bits per heavy atom. The second-order valence-electron chi connectivity index (χ2n) is 9.58. The van der Waals surface area contributed by atoms with Crippen molar-refractivity contribution in [3.63, 3.8) is 0 Å². The molecule has 0 spiro atoms. The van der Waals surface area contributed by atoms with Crippen LogP contribution in [0, 0.1) is 13.8 Å². The van der Waals surface area contributed by atoms with Crippen LogP contribution >= 0.6 is 0 Å². The van der Waals surface area contributed by atoms with Crippen molar-refractivity contribution >= 4 is 22.8 Å². The Labute approximate surface area is 171 Å². The molecule has 2 aromatic carbocycles. The van der Waals surface area contributed by atoms with E-state index in [1.807, 2.05) is 0 Å². The number of hydrogen-bond acceptors (Lipinski definition) is 0. The molecule has 0 amide bonds. The molecular formula is C26H36N2+2. The second kappa shape index (κ2) is 6.69. The summed E-state index contributed by atoms with van der Waals surface area (Å²) in [6.07, 6.45) is 0. The molecule has 4 rings (SSSR count). The zero-order valence-corrected chi connectivity index (χ0v) is 19.4. The van der Waals surface area contributed by atoms with Crippen LogP contribution in [0.5, 0.6) is 0 Å². The normalized spacial score (nSPS) is 18.6. The lowest BCUT2D eigenvalue weighted by Gasteiger charge is -2.15. The van der Waals surface area contributed by atoms with Crippen molar-refractivity contribution in [1.82, 2.24) is 0 Å². The first-order valence-corrected chi connectivity index (χ1v) is 10.3. The zero-order valence-electron chi connectivity index (χ0n) is 19.4. The monoisotopic (exact) mass is 376 g/mol. The van der Waals surface area contributed by atoms with Gasteiger partial charge in [0.25, 0.3) is 0 Å². The Hall–Kier alpha value is -2.22. The molecule has 2 aliphatic heterocycles. The molecule has 0 radical (unpaired) electrons. The average molecular weight is 377 g/mol. The van der Waals surface area contributed by atoms with E-state index < -0.39 is 0 Å². The highest BCUT2D eigenvalue weighted by Crippen LogP contribution is 2.40. The quantitative estimate of drug-likeness (QED) is 0.494. The van der Waals surface area contributed by atoms with Crippen molar-refractivity contribution < 1.29 is 9.15 Å². The van der Waals surface area contributed by atoms with E-state index in [0.29, 0.717) is 0 Å². The van der Waals surface area contributed by atoms with Crippen molar-refractivity contribution in [3.8, 4) is 0 Å². The van der Waals surface area contributed by atoms with Gasteiger partial charge in [0, 0.05) is 37.1 Å². The van der Waals surface area contributed by atoms with Crippen LogP contribution < -0.4 is 0 Å². The van der Waals surface area contributed by atoms with Gasteiger partial charge in [-0.2, -0.15) is 0 Å². The van der Waals surface area contributed by atoms with Crippen LogP contribution in [0.2, 0.25) is 0 Å². The fraction of sp³-hybridized carbons (Fsp3) is 0.462. The molecule has 2 heteroatoms. The lowest BCUT2D eigenvalue weighted by Crippen LogP contribution is -2.25. The highest BCUT2D eigenvalue weighted by atomic mass is 15.0. The molecule has 0 atom stereocenters. The van der Waals surface area contributed by atoms with E-state index in [4.69, 9.17) is 0 Å². The summed E-state index contributed by atoms with van der Waals surface area (Å²) in [6, 6.07) is 13.4. The third kappa shape index (κ3) is 3.03. The fourth-order valence-electron chi connectivity index (χ4n) is 4.48. The van der Waals surface area contributed by atoms with Gasteiger partial charge in [0.2, 0.25) is 11.4 Å². The lowest BCUT2D eigenvalue weighted by molar-refractivity contribution is -0.403. The number of benzene rings is 2. The van der Waals surface area contributed by atoms with Crippen LogP contribution in [0.4, 0.5) is 11.4 Å². The van der Waals surface area contributed by atoms with E-state index in [-0.39, 0.29) is 10.8 Å². The molecule has 0 unspecified atom stereocenters. The van der Waals surface area contributed by atoms with Gasteiger partial charge in [-0.3, -0.25) is 0 Å². The van der Waals surface area contributed by atoms with E-state index in [1.165, 1.54) is 45.1 Å². The third-order valence-electron chi connectivity index (χ3n) is 7.19. The Kier molecular flexibility index (Phi) is 4.90. The first-order chi connectivity index (χ1) is 12.9. The van der Waals surface area contributed by atoms with Gasteiger partial charge in [-0.05, 0) is 53.7 Å². The van der Waals surface area contributed by atoms with E-state index in [1.54, 1.807) is 0 Å². The first-order valence-electron chi connectivity index (χ1n) is 10.3. The van der Waals surface area contributed by atoms with E-state index in [9.17, 15) is 0 Å². The van der Waals surface area contributed by atoms with E-state index in [2.05, 4.69) is 115 Å². The molecule has 0 N–H and O–H groups in total. The van der Waals surface area contributed by atoms with Crippen molar-refractivity contribution in [2.45, 2.75) is 66.2 Å². The van der Waals surface area contributed by atoms with Crippen LogP contribution in [-0.4, -0.2) is 34.7 Å². The summed E-state index contributed by atoms with van der Waals surface area (Å²) in [5.41, 5.74) is 11.6. The highest BCUT2D eigenvalue weighted by molar-refractivity contribution is 5.93. The van der Waals surface area contributed by atoms with E-state index in [0.717, 1.165) is 0 Å². The molecule has 0 fully saturated rings. The number of rotatable bonds is 0. The standard InChI is InChI=1S/2C13H18N/c2*1-9-6-7-12-11(8-9)13(3,4)10(2)14(12)5/h2*6-8H,1-5H3/q2*+1. The van der Waals surface area contributed by atoms with Crippen molar-refractivity contribution in [1.29, 1.82) is 0 Å². The minimum Gasteiger partial charge on any atom is -0.202 e. The SMILES string of the molecule is CC1=[N+](C)c2ccc(C)cc2C1(C)C.CC1=[N+](C)c2ccc(C)cc2C1(C)C. The maximum Gasteiger partial charge on any atom is 0.209 e. The maximum atomic E-state index is 2.31. The van der Waals surface area contributed by atoms with Crippen molar-refractivity contribution in [2.24, 2.45) is 0 Å². The second-order valence-corrected chi connectivity index (χ2v) is 9.58. The molecule has 0 aromatic heterocycles. The predicted molar refractivity (Wildman–Crippen MR) is 121 cm³/mol. The summed E-state index contributed by atoms with van der Waals surface area (Å²) < 4.78 is 4.60. The van der Waals surface area contributed by atoms with Gasteiger partial charge in [0.05, 0.1) is 10.8 Å². The average Bonchev–Trinajstić information content (AvgIpc) is 2.91. The molecule has 148 valence electrons. The van der Waals surface area contributed by atoms with Gasteiger partial charge in [-0.15, -0.1) is 0 Å². The van der Waals surface area contributed by atoms with Crippen LogP contribution in [0.25, 0.3) is 0 Å². The van der Waals surface area contributed by atoms with Gasteiger partial charge in [-0.1, -0.05) is 23.3 Å². The summed E-state index contributed by atoms with van der Waals surface area (Å²) in [7, 11) is 4.30. The van der Waals surface area contributed by atoms with Crippen molar-refractivity contribution in [2.75, 3.05) is 14.1 Å². The van der Waals surface area contributed by atoms with Gasteiger partial charge < -0.3 is 0 Å². The van der Waals surface area contributed by atoms with Crippen LogP contribution in [0.15, 0.2) is 36.4 Å². The molecule has 0 bridgehead atoms. The van der Waals surface area contributed by atoms with Crippen LogP contribution in [0.3, 0.4) is 0 Å². The van der Waals surface area contributed by atoms with Gasteiger partial charge in [-0.25, -0.2) is 9.15 Å². The fourth-order valence-corrected chi connectivity index (χ4v) is 4.48. The molecule has 2 aromatic rings. The van der Waals surface area contributed by atoms with Gasteiger partial charge in [0.15, 0.2) is 11.4 Å². The minimum absolute atomic E-state index is 0.191. The maximum absolute atomic E-state index is 2.31. The topological polar surface area (TPSA) is 6.02 Å². The Morgan fingerprint density at radius 1 is 0.571 bits per heavy atom. The predicted octanol–water partition coefficient (Wildman–Crippen LogP) is 6.04. The molecule has 2 nitrogen and oxygen atoms in total. The van der Waals surface area contributed by atoms with Gasteiger partial charge in [0.1, 0.15) is 14.1 Å². The number of hydrogen-bond donors (Lipinski definition) is 0. The number of aryl methyl sites for hydroxylation is 2. The summed E-state index contributed by atoms with van der Waals surface area (Å²) in [6.45, 7) is 17.9. The highest BCUT2D eigenvalue weighted by Gasteiger charge is 2.42. The first kappa shape index (κ1) is 20.5. The smallest absolute Gasteiger partial charge is 0.202 e. The molecule has 0 saturated heterocycles. The molecule has 0 saturated carbocycles. The Bertz CT molecular complexity index is 933. The number of fused-ring (bicyclic) bond motifs is 2.